The fourth-order valence-electron chi connectivity index (χ4n) is 2.11. The van der Waals surface area contributed by atoms with E-state index in [-0.39, 0.29) is 35.9 Å². The van der Waals surface area contributed by atoms with Crippen molar-refractivity contribution in [3.8, 4) is 0 Å². The van der Waals surface area contributed by atoms with E-state index in [0.717, 1.165) is 0 Å². The Balaban J connectivity index is 2.23. The minimum atomic E-state index is -3.86. The predicted octanol–water partition coefficient (Wildman–Crippen LogP) is -0.159. The highest BCUT2D eigenvalue weighted by molar-refractivity contribution is 7.89. The van der Waals surface area contributed by atoms with E-state index in [1.54, 1.807) is 0 Å². The number of benzene rings is 1. The smallest absolute Gasteiger partial charge is 0.241 e. The molecule has 0 saturated carbocycles. The van der Waals surface area contributed by atoms with Gasteiger partial charge >= 0.3 is 0 Å². The summed E-state index contributed by atoms with van der Waals surface area (Å²) in [6.07, 6.45) is 0.679. The Kier molecular flexibility index (Phi) is 4.36. The zero-order chi connectivity index (χ0) is 14.8. The van der Waals surface area contributed by atoms with Crippen LogP contribution in [0.15, 0.2) is 23.1 Å². The Hall–Kier alpha value is -1.51. The number of hydrogen-bond donors (Lipinski definition) is 3. The molecule has 1 atom stereocenters. The first-order chi connectivity index (χ1) is 9.44. The van der Waals surface area contributed by atoms with Gasteiger partial charge in [-0.2, -0.15) is 0 Å². The zero-order valence-electron chi connectivity index (χ0n) is 10.7. The van der Waals surface area contributed by atoms with Gasteiger partial charge in [0.2, 0.25) is 15.9 Å². The molecule has 1 aromatic rings. The topological polar surface area (TPSA) is 101 Å². The van der Waals surface area contributed by atoms with Crippen molar-refractivity contribution < 1.29 is 17.6 Å². The van der Waals surface area contributed by atoms with Crippen molar-refractivity contribution in [2.24, 2.45) is 5.73 Å². The highest BCUT2D eigenvalue weighted by Gasteiger charge is 2.26. The molecule has 1 heterocycles. The van der Waals surface area contributed by atoms with Crippen LogP contribution >= 0.6 is 0 Å². The molecule has 0 aliphatic carbocycles. The molecule has 1 aromatic carbocycles. The van der Waals surface area contributed by atoms with Crippen LogP contribution in [0.3, 0.4) is 0 Å². The maximum Gasteiger partial charge on any atom is 0.241 e. The molecule has 0 bridgehead atoms. The van der Waals surface area contributed by atoms with Gasteiger partial charge in [-0.1, -0.05) is 6.07 Å². The first-order valence-corrected chi connectivity index (χ1v) is 7.69. The SMILES string of the molecule is NCc1c(F)cccc1S(=O)(=O)NC1CCC(=O)NC1. The van der Waals surface area contributed by atoms with Gasteiger partial charge in [-0.25, -0.2) is 17.5 Å². The third kappa shape index (κ3) is 3.14. The van der Waals surface area contributed by atoms with Crippen LogP contribution in [0.5, 0.6) is 0 Å². The number of sulfonamides is 1. The Bertz CT molecular complexity index is 608. The summed E-state index contributed by atoms with van der Waals surface area (Å²) in [5.41, 5.74) is 5.37. The molecule has 2 rings (SSSR count). The molecule has 0 radical (unpaired) electrons. The summed E-state index contributed by atoms with van der Waals surface area (Å²) in [6, 6.07) is 3.41. The van der Waals surface area contributed by atoms with E-state index in [4.69, 9.17) is 5.73 Å². The van der Waals surface area contributed by atoms with Gasteiger partial charge in [-0.05, 0) is 18.6 Å². The van der Waals surface area contributed by atoms with Crippen molar-refractivity contribution in [3.05, 3.63) is 29.6 Å². The molecular formula is C12H16FN3O3S. The third-order valence-electron chi connectivity index (χ3n) is 3.16. The fourth-order valence-corrected chi connectivity index (χ4v) is 3.63. The molecule has 1 aliphatic heterocycles. The van der Waals surface area contributed by atoms with Crippen LogP contribution in [0.25, 0.3) is 0 Å². The highest BCUT2D eigenvalue weighted by atomic mass is 32.2. The first-order valence-electron chi connectivity index (χ1n) is 6.20. The number of nitrogens with one attached hydrogen (secondary N) is 2. The summed E-state index contributed by atoms with van der Waals surface area (Å²) in [6.45, 7) is 0.0235. The van der Waals surface area contributed by atoms with Gasteiger partial charge in [0.1, 0.15) is 5.82 Å². The first kappa shape index (κ1) is 14.9. The Morgan fingerprint density at radius 2 is 2.20 bits per heavy atom. The second-order valence-corrected chi connectivity index (χ2v) is 6.26. The predicted molar refractivity (Wildman–Crippen MR) is 70.6 cm³/mol. The maximum atomic E-state index is 13.6. The molecule has 1 saturated heterocycles. The molecule has 8 heteroatoms. The summed E-state index contributed by atoms with van der Waals surface area (Å²) in [7, 11) is -3.86. The third-order valence-corrected chi connectivity index (χ3v) is 4.76. The van der Waals surface area contributed by atoms with Gasteiger partial charge in [0.25, 0.3) is 0 Å². The lowest BCUT2D eigenvalue weighted by atomic mass is 10.1. The Morgan fingerprint density at radius 3 is 2.80 bits per heavy atom. The molecule has 1 unspecified atom stereocenters. The molecule has 1 aliphatic rings. The molecule has 1 amide bonds. The lowest BCUT2D eigenvalue weighted by Crippen LogP contribution is -2.47. The minimum absolute atomic E-state index is 0.0418. The summed E-state index contributed by atoms with van der Waals surface area (Å²) in [5, 5.41) is 2.58. The number of nitrogens with two attached hydrogens (primary N) is 1. The fraction of sp³-hybridized carbons (Fsp3) is 0.417. The van der Waals surface area contributed by atoms with Gasteiger partial charge in [0.05, 0.1) is 4.90 Å². The van der Waals surface area contributed by atoms with Crippen LogP contribution in [0.1, 0.15) is 18.4 Å². The quantitative estimate of drug-likeness (QED) is 0.719. The largest absolute Gasteiger partial charge is 0.355 e. The van der Waals surface area contributed by atoms with Crippen molar-refractivity contribution in [1.82, 2.24) is 10.0 Å². The second kappa shape index (κ2) is 5.86. The summed E-state index contributed by atoms with van der Waals surface area (Å²) in [4.78, 5) is 10.9. The molecule has 20 heavy (non-hydrogen) atoms. The van der Waals surface area contributed by atoms with Crippen molar-refractivity contribution >= 4 is 15.9 Å². The molecule has 110 valence electrons. The number of carbonyl (C=O) groups excluding carboxylic acids is 1. The molecule has 6 nitrogen and oxygen atoms in total. The number of amides is 1. The normalized spacial score (nSPS) is 19.7. The second-order valence-electron chi connectivity index (χ2n) is 4.58. The number of rotatable bonds is 4. The van der Waals surface area contributed by atoms with Crippen LogP contribution in [-0.4, -0.2) is 26.9 Å². The standard InChI is InChI=1S/C12H16FN3O3S/c13-10-2-1-3-11(9(10)6-14)20(18,19)16-8-4-5-12(17)15-7-8/h1-3,8,16H,4-7,14H2,(H,15,17). The van der Waals surface area contributed by atoms with Crippen molar-refractivity contribution in [2.75, 3.05) is 6.54 Å². The van der Waals surface area contributed by atoms with Gasteiger partial charge < -0.3 is 11.1 Å². The van der Waals surface area contributed by atoms with E-state index >= 15 is 0 Å². The van der Waals surface area contributed by atoms with E-state index in [0.29, 0.717) is 6.42 Å². The summed E-state index contributed by atoms with van der Waals surface area (Å²) < 4.78 is 40.6. The van der Waals surface area contributed by atoms with Crippen LogP contribution in [0.2, 0.25) is 0 Å². The molecule has 0 spiro atoms. The number of piperidine rings is 1. The van der Waals surface area contributed by atoms with Crippen molar-refractivity contribution in [2.45, 2.75) is 30.3 Å². The van der Waals surface area contributed by atoms with Gasteiger partial charge in [0.15, 0.2) is 0 Å². The number of carbonyl (C=O) groups is 1. The Morgan fingerprint density at radius 1 is 1.45 bits per heavy atom. The molecule has 4 N–H and O–H groups in total. The number of hydrogen-bond acceptors (Lipinski definition) is 4. The van der Waals surface area contributed by atoms with E-state index in [9.17, 15) is 17.6 Å². The van der Waals surface area contributed by atoms with E-state index in [1.165, 1.54) is 18.2 Å². The lowest BCUT2D eigenvalue weighted by molar-refractivity contribution is -0.122. The average Bonchev–Trinajstić information content (AvgIpc) is 2.41. The monoisotopic (exact) mass is 301 g/mol. The van der Waals surface area contributed by atoms with Crippen LogP contribution in [-0.2, 0) is 21.4 Å². The molecule has 0 aromatic heterocycles. The minimum Gasteiger partial charge on any atom is -0.355 e. The van der Waals surface area contributed by atoms with Gasteiger partial charge in [-0.15, -0.1) is 0 Å². The van der Waals surface area contributed by atoms with Crippen LogP contribution in [0.4, 0.5) is 4.39 Å². The zero-order valence-corrected chi connectivity index (χ0v) is 11.5. The summed E-state index contributed by atoms with van der Waals surface area (Å²) in [5.74, 6) is -0.749. The van der Waals surface area contributed by atoms with Crippen LogP contribution in [0, 0.1) is 5.82 Å². The van der Waals surface area contributed by atoms with E-state index in [1.807, 2.05) is 0 Å². The van der Waals surface area contributed by atoms with Crippen molar-refractivity contribution in [1.29, 1.82) is 0 Å². The van der Waals surface area contributed by atoms with Crippen molar-refractivity contribution in [3.63, 3.8) is 0 Å². The molecular weight excluding hydrogens is 285 g/mol. The average molecular weight is 301 g/mol. The van der Waals surface area contributed by atoms with Crippen LogP contribution < -0.4 is 15.8 Å². The van der Waals surface area contributed by atoms with E-state index in [2.05, 4.69) is 10.0 Å². The van der Waals surface area contributed by atoms with Gasteiger partial charge in [-0.3, -0.25) is 4.79 Å². The maximum absolute atomic E-state index is 13.6. The number of halogens is 1. The van der Waals surface area contributed by atoms with Gasteiger partial charge in [0, 0.05) is 31.1 Å². The Labute approximate surface area is 116 Å². The molecule has 1 fully saturated rings. The lowest BCUT2D eigenvalue weighted by Gasteiger charge is -2.23. The summed E-state index contributed by atoms with van der Waals surface area (Å²) >= 11 is 0. The highest BCUT2D eigenvalue weighted by Crippen LogP contribution is 2.19. The van der Waals surface area contributed by atoms with E-state index < -0.39 is 21.9 Å².